The molecule has 7 heteroatoms. The Balaban J connectivity index is 1.61. The van der Waals surface area contributed by atoms with E-state index in [9.17, 15) is 14.0 Å². The molecule has 1 fully saturated rings. The number of carbonyl (C=O) groups excluding carboxylic acids is 2. The minimum absolute atomic E-state index is 0.110. The zero-order valence-corrected chi connectivity index (χ0v) is 21.1. The number of nitrogens with one attached hydrogen (secondary N) is 1. The van der Waals surface area contributed by atoms with Gasteiger partial charge in [0, 0.05) is 19.0 Å². The highest BCUT2D eigenvalue weighted by atomic mass is 19.1. The van der Waals surface area contributed by atoms with E-state index < -0.39 is 6.04 Å². The van der Waals surface area contributed by atoms with Crippen molar-refractivity contribution in [3.05, 3.63) is 95.8 Å². The van der Waals surface area contributed by atoms with Crippen LogP contribution in [0.15, 0.2) is 78.9 Å². The molecule has 1 saturated carbocycles. The van der Waals surface area contributed by atoms with Crippen molar-refractivity contribution < 1.29 is 23.5 Å². The lowest BCUT2D eigenvalue weighted by atomic mass is 10.0. The number of hydrogen-bond acceptors (Lipinski definition) is 4. The number of para-hydroxylation sites is 2. The van der Waals surface area contributed by atoms with E-state index in [1.165, 1.54) is 19.2 Å². The molecule has 1 N–H and O–H groups in total. The number of hydrogen-bond donors (Lipinski definition) is 1. The molecule has 1 atom stereocenters. The summed E-state index contributed by atoms with van der Waals surface area (Å²) in [6, 6.07) is 22.1. The maximum Gasteiger partial charge on any atom is 0.261 e. The number of benzene rings is 3. The van der Waals surface area contributed by atoms with E-state index in [0.717, 1.165) is 36.8 Å². The summed E-state index contributed by atoms with van der Waals surface area (Å²) in [4.78, 5) is 28.9. The van der Waals surface area contributed by atoms with Gasteiger partial charge in [-0.3, -0.25) is 9.59 Å². The maximum atomic E-state index is 13.7. The smallest absolute Gasteiger partial charge is 0.261 e. The first-order valence-electron chi connectivity index (χ1n) is 12.7. The zero-order chi connectivity index (χ0) is 26.0. The van der Waals surface area contributed by atoms with Crippen LogP contribution >= 0.6 is 0 Å². The molecule has 0 aliphatic heterocycles. The number of carbonyl (C=O) groups is 2. The number of amides is 2. The van der Waals surface area contributed by atoms with Crippen molar-refractivity contribution in [2.24, 2.45) is 0 Å². The van der Waals surface area contributed by atoms with Crippen molar-refractivity contribution in [3.63, 3.8) is 0 Å². The summed E-state index contributed by atoms with van der Waals surface area (Å²) in [5, 5.41) is 3.17. The van der Waals surface area contributed by atoms with Gasteiger partial charge in [-0.15, -0.1) is 0 Å². The van der Waals surface area contributed by atoms with Crippen LogP contribution in [0.2, 0.25) is 0 Å². The monoisotopic (exact) mass is 504 g/mol. The predicted octanol–water partition coefficient (Wildman–Crippen LogP) is 4.91. The first kappa shape index (κ1) is 26.2. The highest BCUT2D eigenvalue weighted by Gasteiger charge is 2.32. The van der Waals surface area contributed by atoms with E-state index in [1.54, 1.807) is 35.2 Å². The Labute approximate surface area is 217 Å². The highest BCUT2D eigenvalue weighted by Crippen LogP contribution is 2.26. The summed E-state index contributed by atoms with van der Waals surface area (Å²) in [5.41, 5.74) is 1.66. The summed E-state index contributed by atoms with van der Waals surface area (Å²) in [6.07, 6.45) is 4.39. The van der Waals surface area contributed by atoms with Crippen molar-refractivity contribution in [1.29, 1.82) is 0 Å². The van der Waals surface area contributed by atoms with Gasteiger partial charge in [0.25, 0.3) is 5.91 Å². The first-order chi connectivity index (χ1) is 18.0. The Hall–Kier alpha value is -3.87. The molecule has 0 unspecified atom stereocenters. The van der Waals surface area contributed by atoms with Crippen LogP contribution in [0.4, 0.5) is 4.39 Å². The second-order valence-electron chi connectivity index (χ2n) is 9.28. The number of methoxy groups -OCH3 is 1. The van der Waals surface area contributed by atoms with Crippen LogP contribution in [0.1, 0.15) is 36.8 Å². The third-order valence-corrected chi connectivity index (χ3v) is 6.66. The van der Waals surface area contributed by atoms with Gasteiger partial charge < -0.3 is 19.7 Å². The van der Waals surface area contributed by atoms with Crippen molar-refractivity contribution >= 4 is 11.8 Å². The minimum atomic E-state index is -0.762. The molecule has 1 aliphatic rings. The van der Waals surface area contributed by atoms with Crippen LogP contribution in [0.3, 0.4) is 0 Å². The molecule has 6 nitrogen and oxygen atoms in total. The van der Waals surface area contributed by atoms with Crippen molar-refractivity contribution in [2.75, 3.05) is 13.7 Å². The number of rotatable bonds is 11. The van der Waals surface area contributed by atoms with Gasteiger partial charge in [-0.1, -0.05) is 67.4 Å². The quantitative estimate of drug-likeness (QED) is 0.403. The van der Waals surface area contributed by atoms with E-state index >= 15 is 0 Å². The summed E-state index contributed by atoms with van der Waals surface area (Å²) in [5.74, 6) is 0.0532. The van der Waals surface area contributed by atoms with E-state index in [2.05, 4.69) is 5.32 Å². The van der Waals surface area contributed by atoms with E-state index in [-0.39, 0.29) is 36.8 Å². The molecule has 1 aliphatic carbocycles. The first-order valence-corrected chi connectivity index (χ1v) is 12.7. The number of ether oxygens (including phenoxy) is 2. The van der Waals surface area contributed by atoms with Gasteiger partial charge in [-0.2, -0.15) is 0 Å². The molecular weight excluding hydrogens is 471 g/mol. The molecule has 3 aromatic rings. The molecule has 0 saturated heterocycles. The molecule has 194 valence electrons. The molecule has 2 amide bonds. The van der Waals surface area contributed by atoms with Crippen molar-refractivity contribution in [2.45, 2.75) is 50.7 Å². The Morgan fingerprint density at radius 2 is 1.57 bits per heavy atom. The number of nitrogens with zero attached hydrogens (tertiary/aromatic N) is 1. The highest BCUT2D eigenvalue weighted by molar-refractivity contribution is 5.88. The lowest BCUT2D eigenvalue weighted by molar-refractivity contribution is -0.143. The van der Waals surface area contributed by atoms with Gasteiger partial charge in [0.05, 0.1) is 7.11 Å². The fourth-order valence-electron chi connectivity index (χ4n) is 4.67. The van der Waals surface area contributed by atoms with Crippen molar-refractivity contribution in [1.82, 2.24) is 10.2 Å². The van der Waals surface area contributed by atoms with Crippen molar-refractivity contribution in [3.8, 4) is 11.5 Å². The molecule has 0 spiro atoms. The van der Waals surface area contributed by atoms with Crippen LogP contribution in [0.25, 0.3) is 0 Å². The standard InChI is InChI=1S/C30H33FN2O4/c1-36-27-13-7-8-14-28(27)37-21-29(34)33(20-23-15-17-24(31)18-16-23)26(19-22-9-3-2-4-10-22)30(35)32-25-11-5-6-12-25/h2-4,7-10,13-18,25-26H,5-6,11-12,19-21H2,1H3,(H,32,35)/t26-/m0/s1. The SMILES string of the molecule is COc1ccccc1OCC(=O)N(Cc1ccc(F)cc1)[C@@H](Cc1ccccc1)C(=O)NC1CCCC1. The Morgan fingerprint density at radius 1 is 0.919 bits per heavy atom. The van der Waals surface area contributed by atoms with Crippen LogP contribution < -0.4 is 14.8 Å². The lowest BCUT2D eigenvalue weighted by Gasteiger charge is -2.32. The minimum Gasteiger partial charge on any atom is -0.493 e. The van der Waals surface area contributed by atoms with E-state index in [1.807, 2.05) is 36.4 Å². The normalized spacial score (nSPS) is 14.1. The third kappa shape index (κ3) is 7.32. The summed E-state index contributed by atoms with van der Waals surface area (Å²) < 4.78 is 24.8. The molecule has 0 heterocycles. The van der Waals surface area contributed by atoms with Gasteiger partial charge in [-0.25, -0.2) is 4.39 Å². The molecule has 0 bridgehead atoms. The summed E-state index contributed by atoms with van der Waals surface area (Å²) in [7, 11) is 1.54. The summed E-state index contributed by atoms with van der Waals surface area (Å²) >= 11 is 0. The molecular formula is C30H33FN2O4. The average Bonchev–Trinajstić information content (AvgIpc) is 3.44. The predicted molar refractivity (Wildman–Crippen MR) is 140 cm³/mol. The average molecular weight is 505 g/mol. The van der Waals surface area contributed by atoms with Gasteiger partial charge in [-0.05, 0) is 48.2 Å². The van der Waals surface area contributed by atoms with Gasteiger partial charge >= 0.3 is 0 Å². The van der Waals surface area contributed by atoms with Gasteiger partial charge in [0.1, 0.15) is 11.9 Å². The van der Waals surface area contributed by atoms with Gasteiger partial charge in [0.2, 0.25) is 5.91 Å². The Bertz CT molecular complexity index is 1160. The zero-order valence-electron chi connectivity index (χ0n) is 21.1. The Morgan fingerprint density at radius 3 is 2.24 bits per heavy atom. The van der Waals surface area contributed by atoms with Crippen LogP contribution in [0, 0.1) is 5.82 Å². The molecule has 4 rings (SSSR count). The topological polar surface area (TPSA) is 67.9 Å². The van der Waals surface area contributed by atoms with Gasteiger partial charge in [0.15, 0.2) is 18.1 Å². The molecule has 3 aromatic carbocycles. The third-order valence-electron chi connectivity index (χ3n) is 6.66. The molecule has 0 aromatic heterocycles. The second-order valence-corrected chi connectivity index (χ2v) is 9.28. The van der Waals surface area contributed by atoms with E-state index in [0.29, 0.717) is 17.9 Å². The Kier molecular flexibility index (Phi) is 9.13. The van der Waals surface area contributed by atoms with Crippen LogP contribution in [-0.4, -0.2) is 42.5 Å². The molecule has 37 heavy (non-hydrogen) atoms. The second kappa shape index (κ2) is 12.9. The summed E-state index contributed by atoms with van der Waals surface area (Å²) in [6.45, 7) is -0.131. The lowest BCUT2D eigenvalue weighted by Crippen LogP contribution is -2.53. The van der Waals surface area contributed by atoms with Crippen LogP contribution in [-0.2, 0) is 22.6 Å². The fourth-order valence-corrected chi connectivity index (χ4v) is 4.67. The molecule has 0 radical (unpaired) electrons. The van der Waals surface area contributed by atoms with Crippen LogP contribution in [0.5, 0.6) is 11.5 Å². The largest absolute Gasteiger partial charge is 0.493 e. The maximum absolute atomic E-state index is 13.7. The number of halogens is 1. The van der Waals surface area contributed by atoms with E-state index in [4.69, 9.17) is 9.47 Å². The fraction of sp³-hybridized carbons (Fsp3) is 0.333.